The van der Waals surface area contributed by atoms with E-state index in [-0.39, 0.29) is 23.8 Å². The molecule has 1 aromatic heterocycles. The van der Waals surface area contributed by atoms with Gasteiger partial charge in [0.2, 0.25) is 5.91 Å². The number of hydrogen-bond donors (Lipinski definition) is 2. The molecule has 5 nitrogen and oxygen atoms in total. The summed E-state index contributed by atoms with van der Waals surface area (Å²) in [6.07, 6.45) is 0.462. The van der Waals surface area contributed by atoms with Gasteiger partial charge in [-0.2, -0.15) is 0 Å². The molecule has 0 aliphatic carbocycles. The molecule has 0 bridgehead atoms. The Labute approximate surface area is 116 Å². The summed E-state index contributed by atoms with van der Waals surface area (Å²) in [5.74, 6) is -0.000305. The van der Waals surface area contributed by atoms with Gasteiger partial charge in [0.1, 0.15) is 0 Å². The van der Waals surface area contributed by atoms with Crippen LogP contribution in [0.4, 0.5) is 5.00 Å². The van der Waals surface area contributed by atoms with Gasteiger partial charge in [0.05, 0.1) is 16.0 Å². The molecule has 19 heavy (non-hydrogen) atoms. The molecule has 2 N–H and O–H groups in total. The average Bonchev–Trinajstić information content (AvgIpc) is 2.95. The predicted octanol–water partition coefficient (Wildman–Crippen LogP) is 1.55. The van der Waals surface area contributed by atoms with Crippen molar-refractivity contribution in [1.29, 1.82) is 0 Å². The van der Waals surface area contributed by atoms with Crippen LogP contribution in [0.5, 0.6) is 0 Å². The lowest BCUT2D eigenvalue weighted by molar-refractivity contribution is -0.114. The third kappa shape index (κ3) is 3.33. The Kier molecular flexibility index (Phi) is 4.21. The predicted molar refractivity (Wildman–Crippen MR) is 74.3 cm³/mol. The Balaban J connectivity index is 2.00. The van der Waals surface area contributed by atoms with Crippen LogP contribution in [0.1, 0.15) is 29.9 Å². The van der Waals surface area contributed by atoms with Crippen LogP contribution in [-0.2, 0) is 4.79 Å². The van der Waals surface area contributed by atoms with E-state index in [0.717, 1.165) is 6.42 Å². The number of amides is 2. The van der Waals surface area contributed by atoms with Crippen molar-refractivity contribution in [2.24, 2.45) is 5.92 Å². The second kappa shape index (κ2) is 5.71. The molecule has 104 valence electrons. The number of thiophene rings is 1. The van der Waals surface area contributed by atoms with Gasteiger partial charge in [0, 0.05) is 25.9 Å². The molecule has 2 atom stereocenters. The van der Waals surface area contributed by atoms with Crippen molar-refractivity contribution in [3.8, 4) is 0 Å². The fraction of sp³-hybridized carbons (Fsp3) is 0.538. The van der Waals surface area contributed by atoms with Gasteiger partial charge in [0.15, 0.2) is 0 Å². The maximum Gasteiger partial charge on any atom is 0.264 e. The number of carbonyl (C=O) groups excluding carboxylic acids is 2. The zero-order chi connectivity index (χ0) is 14.0. The van der Waals surface area contributed by atoms with E-state index in [2.05, 4.69) is 5.32 Å². The van der Waals surface area contributed by atoms with E-state index in [1.54, 1.807) is 24.0 Å². The lowest BCUT2D eigenvalue weighted by Crippen LogP contribution is -2.29. The monoisotopic (exact) mass is 282 g/mol. The first-order valence-corrected chi connectivity index (χ1v) is 7.14. The number of anilines is 1. The molecule has 2 rings (SSSR count). The van der Waals surface area contributed by atoms with Crippen molar-refractivity contribution in [2.45, 2.75) is 26.4 Å². The fourth-order valence-electron chi connectivity index (χ4n) is 2.21. The zero-order valence-corrected chi connectivity index (χ0v) is 11.9. The van der Waals surface area contributed by atoms with Crippen LogP contribution < -0.4 is 5.32 Å². The number of aliphatic hydroxyl groups excluding tert-OH is 1. The van der Waals surface area contributed by atoms with Crippen LogP contribution in [0.25, 0.3) is 0 Å². The number of rotatable bonds is 3. The first-order chi connectivity index (χ1) is 8.97. The summed E-state index contributed by atoms with van der Waals surface area (Å²) < 4.78 is 0. The van der Waals surface area contributed by atoms with Gasteiger partial charge in [-0.1, -0.05) is 0 Å². The Hall–Kier alpha value is -1.40. The molecular weight excluding hydrogens is 264 g/mol. The van der Waals surface area contributed by atoms with Crippen LogP contribution in [0.2, 0.25) is 0 Å². The van der Waals surface area contributed by atoms with E-state index in [0.29, 0.717) is 23.0 Å². The highest BCUT2D eigenvalue weighted by Gasteiger charge is 2.30. The van der Waals surface area contributed by atoms with Crippen LogP contribution in [0.15, 0.2) is 12.1 Å². The third-order valence-electron chi connectivity index (χ3n) is 3.31. The molecule has 6 heteroatoms. The van der Waals surface area contributed by atoms with E-state index >= 15 is 0 Å². The van der Waals surface area contributed by atoms with Gasteiger partial charge in [-0.3, -0.25) is 9.59 Å². The van der Waals surface area contributed by atoms with E-state index in [4.69, 9.17) is 0 Å². The highest BCUT2D eigenvalue weighted by molar-refractivity contribution is 7.18. The number of carbonyl (C=O) groups is 2. The molecule has 0 spiro atoms. The summed E-state index contributed by atoms with van der Waals surface area (Å²) in [6.45, 7) is 4.49. The molecule has 2 heterocycles. The Morgan fingerprint density at radius 1 is 1.53 bits per heavy atom. The van der Waals surface area contributed by atoms with Crippen LogP contribution >= 0.6 is 11.3 Å². The highest BCUT2D eigenvalue weighted by atomic mass is 32.1. The minimum absolute atomic E-state index is 0.0234. The van der Waals surface area contributed by atoms with Gasteiger partial charge in [-0.15, -0.1) is 11.3 Å². The van der Waals surface area contributed by atoms with Gasteiger partial charge < -0.3 is 15.3 Å². The van der Waals surface area contributed by atoms with Crippen LogP contribution in [-0.4, -0.2) is 41.0 Å². The van der Waals surface area contributed by atoms with Crippen LogP contribution in [0.3, 0.4) is 0 Å². The number of aliphatic hydroxyl groups is 1. The van der Waals surface area contributed by atoms with Gasteiger partial charge >= 0.3 is 0 Å². The van der Waals surface area contributed by atoms with E-state index in [1.807, 2.05) is 0 Å². The minimum atomic E-state index is -0.379. The maximum absolute atomic E-state index is 12.3. The molecule has 1 fully saturated rings. The summed E-state index contributed by atoms with van der Waals surface area (Å²) >= 11 is 1.28. The van der Waals surface area contributed by atoms with Crippen molar-refractivity contribution < 1.29 is 14.7 Å². The summed E-state index contributed by atoms with van der Waals surface area (Å²) in [7, 11) is 0. The molecule has 1 aromatic rings. The number of nitrogens with zero attached hydrogens (tertiary/aromatic N) is 1. The van der Waals surface area contributed by atoms with E-state index in [1.165, 1.54) is 18.3 Å². The zero-order valence-electron chi connectivity index (χ0n) is 11.0. The summed E-state index contributed by atoms with van der Waals surface area (Å²) in [5, 5.41) is 12.9. The van der Waals surface area contributed by atoms with Crippen molar-refractivity contribution in [3.05, 3.63) is 17.0 Å². The first kappa shape index (κ1) is 14.0. The van der Waals surface area contributed by atoms with E-state index < -0.39 is 0 Å². The topological polar surface area (TPSA) is 69.6 Å². The first-order valence-electron chi connectivity index (χ1n) is 6.32. The summed E-state index contributed by atoms with van der Waals surface area (Å²) in [6, 6.07) is 3.47. The van der Waals surface area contributed by atoms with E-state index in [9.17, 15) is 14.7 Å². The lowest BCUT2D eigenvalue weighted by Gasteiger charge is -2.16. The summed E-state index contributed by atoms with van der Waals surface area (Å²) in [4.78, 5) is 25.6. The van der Waals surface area contributed by atoms with Crippen molar-refractivity contribution in [1.82, 2.24) is 4.90 Å². The normalized spacial score (nSPS) is 20.4. The molecule has 0 radical (unpaired) electrons. The largest absolute Gasteiger partial charge is 0.393 e. The van der Waals surface area contributed by atoms with Gasteiger partial charge in [-0.25, -0.2) is 0 Å². The molecule has 1 aliphatic heterocycles. The smallest absolute Gasteiger partial charge is 0.264 e. The Morgan fingerprint density at radius 2 is 2.26 bits per heavy atom. The third-order valence-corrected chi connectivity index (χ3v) is 4.30. The second-order valence-corrected chi connectivity index (χ2v) is 5.97. The quantitative estimate of drug-likeness (QED) is 0.883. The molecule has 1 saturated heterocycles. The molecular formula is C13H18N2O3S. The highest BCUT2D eigenvalue weighted by Crippen LogP contribution is 2.26. The fourth-order valence-corrected chi connectivity index (χ4v) is 3.14. The second-order valence-electron chi connectivity index (χ2n) is 4.89. The molecule has 2 amide bonds. The van der Waals surface area contributed by atoms with Crippen molar-refractivity contribution in [2.75, 3.05) is 18.4 Å². The SMILES string of the molecule is CC(=O)Nc1ccc(C(=O)N2CCC(C(C)O)C2)s1. The molecule has 1 aliphatic rings. The van der Waals surface area contributed by atoms with Crippen molar-refractivity contribution >= 4 is 28.2 Å². The minimum Gasteiger partial charge on any atom is -0.393 e. The standard InChI is InChI=1S/C13H18N2O3S/c1-8(16)10-5-6-15(7-10)13(18)11-3-4-12(19-11)14-9(2)17/h3-4,8,10,16H,5-7H2,1-2H3,(H,14,17). The number of nitrogens with one attached hydrogen (secondary N) is 1. The Morgan fingerprint density at radius 3 is 2.84 bits per heavy atom. The number of likely N-dealkylation sites (tertiary alicyclic amines) is 1. The molecule has 0 aromatic carbocycles. The van der Waals surface area contributed by atoms with Gasteiger partial charge in [0.25, 0.3) is 5.91 Å². The van der Waals surface area contributed by atoms with Crippen LogP contribution in [0, 0.1) is 5.92 Å². The van der Waals surface area contributed by atoms with Crippen molar-refractivity contribution in [3.63, 3.8) is 0 Å². The Bertz CT molecular complexity index is 484. The summed E-state index contributed by atoms with van der Waals surface area (Å²) in [5.41, 5.74) is 0. The maximum atomic E-state index is 12.3. The lowest BCUT2D eigenvalue weighted by atomic mass is 10.0. The molecule has 0 saturated carbocycles. The number of hydrogen-bond acceptors (Lipinski definition) is 4. The average molecular weight is 282 g/mol. The van der Waals surface area contributed by atoms with Gasteiger partial charge in [-0.05, 0) is 25.5 Å². The molecule has 2 unspecified atom stereocenters.